The summed E-state index contributed by atoms with van der Waals surface area (Å²) in [6, 6.07) is 17.2. The number of hydrogen-bond acceptors (Lipinski definition) is 2. The van der Waals surface area contributed by atoms with Crippen LogP contribution in [0.15, 0.2) is 54.6 Å². The molecule has 0 aromatic heterocycles. The van der Waals surface area contributed by atoms with Crippen LogP contribution in [-0.2, 0) is 4.74 Å². The van der Waals surface area contributed by atoms with E-state index >= 15 is 0 Å². The fraction of sp³-hybridized carbons (Fsp3) is 0.143. The number of methoxy groups -OCH3 is 1. The maximum atomic E-state index is 5.99. The van der Waals surface area contributed by atoms with Crippen LogP contribution in [0, 0.1) is 0 Å². The summed E-state index contributed by atoms with van der Waals surface area (Å²) in [5.74, 6) is 1.55. The Morgan fingerprint density at radius 2 is 1.65 bits per heavy atom. The minimum atomic E-state index is -0.450. The SMILES string of the molecule is COC(Cl)c1cccc(Oc2ccccc2)c1. The summed E-state index contributed by atoms with van der Waals surface area (Å²) < 4.78 is 10.8. The summed E-state index contributed by atoms with van der Waals surface area (Å²) >= 11 is 5.99. The van der Waals surface area contributed by atoms with Gasteiger partial charge in [-0.25, -0.2) is 0 Å². The van der Waals surface area contributed by atoms with Crippen molar-refractivity contribution in [1.29, 1.82) is 0 Å². The van der Waals surface area contributed by atoms with Gasteiger partial charge in [-0.1, -0.05) is 41.9 Å². The zero-order chi connectivity index (χ0) is 12.1. The van der Waals surface area contributed by atoms with Gasteiger partial charge in [0, 0.05) is 7.11 Å². The van der Waals surface area contributed by atoms with E-state index in [9.17, 15) is 0 Å². The maximum Gasteiger partial charge on any atom is 0.156 e. The summed E-state index contributed by atoms with van der Waals surface area (Å²) in [4.78, 5) is 0. The van der Waals surface area contributed by atoms with Gasteiger partial charge in [-0.2, -0.15) is 0 Å². The van der Waals surface area contributed by atoms with E-state index in [-0.39, 0.29) is 0 Å². The lowest BCUT2D eigenvalue weighted by atomic mass is 10.2. The van der Waals surface area contributed by atoms with Crippen molar-refractivity contribution in [1.82, 2.24) is 0 Å². The molecule has 0 bridgehead atoms. The molecule has 1 unspecified atom stereocenters. The second-order valence-electron chi connectivity index (χ2n) is 3.54. The molecule has 1 atom stereocenters. The molecular formula is C14H13ClO2. The molecule has 0 heterocycles. The zero-order valence-corrected chi connectivity index (χ0v) is 10.2. The predicted octanol–water partition coefficient (Wildman–Crippen LogP) is 4.36. The van der Waals surface area contributed by atoms with Gasteiger partial charge in [-0.3, -0.25) is 0 Å². The number of ether oxygens (including phenoxy) is 2. The highest BCUT2D eigenvalue weighted by Gasteiger charge is 2.07. The van der Waals surface area contributed by atoms with Gasteiger partial charge in [-0.05, 0) is 29.8 Å². The molecule has 0 spiro atoms. The molecule has 0 aliphatic heterocycles. The van der Waals surface area contributed by atoms with Crippen molar-refractivity contribution in [3.63, 3.8) is 0 Å². The van der Waals surface area contributed by atoms with E-state index in [1.165, 1.54) is 0 Å². The molecule has 0 amide bonds. The van der Waals surface area contributed by atoms with E-state index in [2.05, 4.69) is 0 Å². The van der Waals surface area contributed by atoms with Crippen molar-refractivity contribution in [3.8, 4) is 11.5 Å². The van der Waals surface area contributed by atoms with E-state index < -0.39 is 5.56 Å². The highest BCUT2D eigenvalue weighted by Crippen LogP contribution is 2.27. The third kappa shape index (κ3) is 3.22. The average Bonchev–Trinajstić information content (AvgIpc) is 2.39. The van der Waals surface area contributed by atoms with E-state index in [0.717, 1.165) is 17.1 Å². The lowest BCUT2D eigenvalue weighted by Gasteiger charge is -2.10. The van der Waals surface area contributed by atoms with Crippen molar-refractivity contribution >= 4 is 11.6 Å². The summed E-state index contributed by atoms with van der Waals surface area (Å²) in [7, 11) is 1.57. The first-order valence-corrected chi connectivity index (χ1v) is 5.73. The number of alkyl halides is 1. The molecule has 0 saturated heterocycles. The number of rotatable bonds is 4. The molecule has 2 rings (SSSR count). The first-order chi connectivity index (χ1) is 8.29. The number of hydrogen-bond donors (Lipinski definition) is 0. The van der Waals surface area contributed by atoms with Crippen molar-refractivity contribution in [2.24, 2.45) is 0 Å². The minimum Gasteiger partial charge on any atom is -0.457 e. The molecule has 17 heavy (non-hydrogen) atoms. The first-order valence-electron chi connectivity index (χ1n) is 5.29. The Morgan fingerprint density at radius 3 is 2.35 bits per heavy atom. The molecule has 0 aliphatic rings. The van der Waals surface area contributed by atoms with Gasteiger partial charge in [0.25, 0.3) is 0 Å². The Balaban J connectivity index is 2.17. The third-order valence-corrected chi connectivity index (χ3v) is 2.74. The Hall–Kier alpha value is -1.51. The van der Waals surface area contributed by atoms with E-state index in [1.54, 1.807) is 7.11 Å². The van der Waals surface area contributed by atoms with Gasteiger partial charge in [0.05, 0.1) is 0 Å². The van der Waals surface area contributed by atoms with Gasteiger partial charge >= 0.3 is 0 Å². The lowest BCUT2D eigenvalue weighted by Crippen LogP contribution is -1.93. The van der Waals surface area contributed by atoms with Crippen molar-refractivity contribution in [2.45, 2.75) is 5.56 Å². The smallest absolute Gasteiger partial charge is 0.156 e. The predicted molar refractivity (Wildman–Crippen MR) is 68.6 cm³/mol. The summed E-state index contributed by atoms with van der Waals surface area (Å²) in [6.45, 7) is 0. The fourth-order valence-corrected chi connectivity index (χ4v) is 1.62. The van der Waals surface area contributed by atoms with Gasteiger partial charge in [-0.15, -0.1) is 0 Å². The summed E-state index contributed by atoms with van der Waals surface area (Å²) in [6.07, 6.45) is 0. The molecule has 3 heteroatoms. The second kappa shape index (κ2) is 5.71. The van der Waals surface area contributed by atoms with Crippen LogP contribution in [0.3, 0.4) is 0 Å². The Kier molecular flexibility index (Phi) is 4.02. The Morgan fingerprint density at radius 1 is 0.941 bits per heavy atom. The van der Waals surface area contributed by atoms with Crippen LogP contribution < -0.4 is 4.74 Å². The maximum absolute atomic E-state index is 5.99. The quantitative estimate of drug-likeness (QED) is 0.749. The highest BCUT2D eigenvalue weighted by atomic mass is 35.5. The summed E-state index contributed by atoms with van der Waals surface area (Å²) in [5, 5.41) is 0. The number of benzene rings is 2. The molecule has 0 N–H and O–H groups in total. The average molecular weight is 249 g/mol. The molecule has 88 valence electrons. The third-order valence-electron chi connectivity index (χ3n) is 2.31. The topological polar surface area (TPSA) is 18.5 Å². The standard InChI is InChI=1S/C14H13ClO2/c1-16-14(15)11-6-5-9-13(10-11)17-12-7-3-2-4-8-12/h2-10,14H,1H3. The molecule has 0 fully saturated rings. The Bertz CT molecular complexity index is 471. The molecule has 2 aromatic rings. The molecule has 2 aromatic carbocycles. The van der Waals surface area contributed by atoms with Crippen molar-refractivity contribution in [2.75, 3.05) is 7.11 Å². The van der Waals surface area contributed by atoms with Crippen molar-refractivity contribution in [3.05, 3.63) is 60.2 Å². The van der Waals surface area contributed by atoms with Gasteiger partial charge in [0.1, 0.15) is 11.5 Å². The molecule has 2 nitrogen and oxygen atoms in total. The van der Waals surface area contributed by atoms with Crippen LogP contribution in [0.25, 0.3) is 0 Å². The largest absolute Gasteiger partial charge is 0.457 e. The fourth-order valence-electron chi connectivity index (χ4n) is 1.48. The van der Waals surface area contributed by atoms with Crippen LogP contribution in [0.2, 0.25) is 0 Å². The van der Waals surface area contributed by atoms with E-state index in [0.29, 0.717) is 0 Å². The Labute approximate surface area is 106 Å². The first kappa shape index (κ1) is 12.0. The second-order valence-corrected chi connectivity index (χ2v) is 3.94. The van der Waals surface area contributed by atoms with Crippen LogP contribution in [-0.4, -0.2) is 7.11 Å². The highest BCUT2D eigenvalue weighted by molar-refractivity contribution is 6.19. The summed E-state index contributed by atoms with van der Waals surface area (Å²) in [5.41, 5.74) is 0.428. The minimum absolute atomic E-state index is 0.450. The van der Waals surface area contributed by atoms with Crippen LogP contribution in [0.5, 0.6) is 11.5 Å². The van der Waals surface area contributed by atoms with Gasteiger partial charge in [0.15, 0.2) is 5.56 Å². The molecule has 0 radical (unpaired) electrons. The monoisotopic (exact) mass is 248 g/mol. The lowest BCUT2D eigenvalue weighted by molar-refractivity contribution is 0.169. The van der Waals surface area contributed by atoms with Gasteiger partial charge < -0.3 is 9.47 Å². The van der Waals surface area contributed by atoms with Crippen LogP contribution >= 0.6 is 11.6 Å². The molecule has 0 aliphatic carbocycles. The zero-order valence-electron chi connectivity index (χ0n) is 9.47. The van der Waals surface area contributed by atoms with E-state index in [4.69, 9.17) is 21.1 Å². The molecule has 0 saturated carbocycles. The van der Waals surface area contributed by atoms with Crippen LogP contribution in [0.1, 0.15) is 11.1 Å². The van der Waals surface area contributed by atoms with Crippen LogP contribution in [0.4, 0.5) is 0 Å². The normalized spacial score (nSPS) is 12.1. The van der Waals surface area contributed by atoms with Gasteiger partial charge in [0.2, 0.25) is 0 Å². The number of halogens is 1. The van der Waals surface area contributed by atoms with Crippen molar-refractivity contribution < 1.29 is 9.47 Å². The van der Waals surface area contributed by atoms with E-state index in [1.807, 2.05) is 54.6 Å². The number of para-hydroxylation sites is 1. The molecular weight excluding hydrogens is 236 g/mol.